The Hall–Kier alpha value is -1.82. The van der Waals surface area contributed by atoms with E-state index in [1.807, 2.05) is 6.08 Å². The van der Waals surface area contributed by atoms with Crippen molar-refractivity contribution in [3.05, 3.63) is 59.3 Å². The minimum absolute atomic E-state index is 0.473. The molecular formula is C16H17F3N2S. The van der Waals surface area contributed by atoms with Gasteiger partial charge in [-0.2, -0.15) is 13.2 Å². The van der Waals surface area contributed by atoms with Crippen molar-refractivity contribution in [3.8, 4) is 0 Å². The van der Waals surface area contributed by atoms with Crippen molar-refractivity contribution in [2.45, 2.75) is 25.4 Å². The Kier molecular flexibility index (Phi) is 5.60. The second-order valence-electron chi connectivity index (χ2n) is 4.97. The number of hydrogen-bond acceptors (Lipinski definition) is 1. The molecule has 2 nitrogen and oxygen atoms in total. The summed E-state index contributed by atoms with van der Waals surface area (Å²) in [5.41, 5.74) is 0.952. The standard InChI is InChI=1S/C16H17F3N2S/c17-16(18,19)13-6-4-5-12(11-13)9-10-20-15(22)21-14-7-2-1-3-8-14/h2,4-8,11H,1,3,9-10H2,(H2,20,21,22). The third-order valence-corrected chi connectivity index (χ3v) is 3.45. The van der Waals surface area contributed by atoms with Gasteiger partial charge in [0.1, 0.15) is 0 Å². The van der Waals surface area contributed by atoms with Gasteiger partial charge in [0.2, 0.25) is 0 Å². The maximum Gasteiger partial charge on any atom is 0.416 e. The molecule has 0 aliphatic heterocycles. The molecule has 0 atom stereocenters. The molecule has 0 bridgehead atoms. The van der Waals surface area contributed by atoms with E-state index in [1.165, 1.54) is 12.1 Å². The van der Waals surface area contributed by atoms with Crippen molar-refractivity contribution in [3.63, 3.8) is 0 Å². The Balaban J connectivity index is 1.80. The number of benzene rings is 1. The third-order valence-electron chi connectivity index (χ3n) is 3.21. The van der Waals surface area contributed by atoms with Crippen molar-refractivity contribution < 1.29 is 13.2 Å². The largest absolute Gasteiger partial charge is 0.416 e. The molecule has 1 aliphatic rings. The molecule has 0 unspecified atom stereocenters. The Bertz CT molecular complexity index is 591. The zero-order valence-electron chi connectivity index (χ0n) is 11.9. The first-order valence-electron chi connectivity index (χ1n) is 7.03. The summed E-state index contributed by atoms with van der Waals surface area (Å²) in [6.45, 7) is 0.476. The smallest absolute Gasteiger partial charge is 0.362 e. The van der Waals surface area contributed by atoms with E-state index in [0.717, 1.165) is 24.6 Å². The summed E-state index contributed by atoms with van der Waals surface area (Å²) in [6, 6.07) is 5.35. The highest BCUT2D eigenvalue weighted by molar-refractivity contribution is 7.80. The van der Waals surface area contributed by atoms with Crippen LogP contribution in [0.25, 0.3) is 0 Å². The van der Waals surface area contributed by atoms with Gasteiger partial charge < -0.3 is 10.6 Å². The lowest BCUT2D eigenvalue weighted by molar-refractivity contribution is -0.137. The molecule has 118 valence electrons. The monoisotopic (exact) mass is 326 g/mol. The van der Waals surface area contributed by atoms with Crippen LogP contribution in [0.15, 0.2) is 48.2 Å². The number of alkyl halides is 3. The summed E-state index contributed by atoms with van der Waals surface area (Å²) in [5, 5.41) is 6.53. The molecular weight excluding hydrogens is 309 g/mol. The molecule has 0 fully saturated rings. The van der Waals surface area contributed by atoms with Gasteiger partial charge in [0.05, 0.1) is 5.56 Å². The van der Waals surface area contributed by atoms with Crippen LogP contribution >= 0.6 is 12.2 Å². The quantitative estimate of drug-likeness (QED) is 0.820. The minimum Gasteiger partial charge on any atom is -0.362 e. The van der Waals surface area contributed by atoms with Crippen LogP contribution < -0.4 is 10.6 Å². The van der Waals surface area contributed by atoms with Crippen molar-refractivity contribution in [2.24, 2.45) is 0 Å². The maximum absolute atomic E-state index is 12.6. The van der Waals surface area contributed by atoms with Crippen molar-refractivity contribution in [1.29, 1.82) is 0 Å². The lowest BCUT2D eigenvalue weighted by Crippen LogP contribution is -2.35. The molecule has 0 spiro atoms. The fourth-order valence-electron chi connectivity index (χ4n) is 2.10. The van der Waals surface area contributed by atoms with Crippen LogP contribution in [0.4, 0.5) is 13.2 Å². The van der Waals surface area contributed by atoms with Crippen LogP contribution in [0, 0.1) is 0 Å². The van der Waals surface area contributed by atoms with E-state index in [-0.39, 0.29) is 0 Å². The molecule has 0 saturated heterocycles. The van der Waals surface area contributed by atoms with Gasteiger partial charge in [0.25, 0.3) is 0 Å². The highest BCUT2D eigenvalue weighted by Crippen LogP contribution is 2.29. The van der Waals surface area contributed by atoms with E-state index >= 15 is 0 Å². The summed E-state index contributed by atoms with van der Waals surface area (Å²) in [7, 11) is 0. The van der Waals surface area contributed by atoms with E-state index in [1.54, 1.807) is 6.07 Å². The van der Waals surface area contributed by atoms with E-state index in [4.69, 9.17) is 12.2 Å². The van der Waals surface area contributed by atoms with E-state index in [9.17, 15) is 13.2 Å². The number of thiocarbonyl (C=S) groups is 1. The molecule has 0 aromatic heterocycles. The second kappa shape index (κ2) is 7.45. The minimum atomic E-state index is -4.31. The summed E-state index contributed by atoms with van der Waals surface area (Å²) in [4.78, 5) is 0. The normalized spacial score (nSPS) is 14.4. The van der Waals surface area contributed by atoms with Crippen LogP contribution in [0.1, 0.15) is 24.0 Å². The number of nitrogens with one attached hydrogen (secondary N) is 2. The number of hydrogen-bond donors (Lipinski definition) is 2. The molecule has 22 heavy (non-hydrogen) atoms. The van der Waals surface area contributed by atoms with Gasteiger partial charge in [0.15, 0.2) is 5.11 Å². The first-order chi connectivity index (χ1) is 10.4. The topological polar surface area (TPSA) is 24.1 Å². The Morgan fingerprint density at radius 2 is 2.05 bits per heavy atom. The SMILES string of the molecule is FC(F)(F)c1cccc(CCNC(=S)NC2=CCCC=C2)c1. The van der Waals surface area contributed by atoms with E-state index in [2.05, 4.69) is 22.8 Å². The van der Waals surface area contributed by atoms with Crippen molar-refractivity contribution in [2.75, 3.05) is 6.54 Å². The lowest BCUT2D eigenvalue weighted by atomic mass is 10.1. The Morgan fingerprint density at radius 3 is 2.73 bits per heavy atom. The van der Waals surface area contributed by atoms with Gasteiger partial charge in [-0.3, -0.25) is 0 Å². The first-order valence-corrected chi connectivity index (χ1v) is 7.43. The predicted octanol–water partition coefficient (Wildman–Crippen LogP) is 3.95. The Labute approximate surface area is 133 Å². The van der Waals surface area contributed by atoms with Crippen LogP contribution in [0.2, 0.25) is 0 Å². The molecule has 2 rings (SSSR count). The molecule has 1 aromatic carbocycles. The van der Waals surface area contributed by atoms with Gasteiger partial charge in [-0.05, 0) is 49.2 Å². The summed E-state index contributed by atoms with van der Waals surface area (Å²) < 4.78 is 37.9. The highest BCUT2D eigenvalue weighted by Gasteiger charge is 2.30. The number of allylic oxidation sites excluding steroid dienone is 3. The zero-order chi connectivity index (χ0) is 16.0. The van der Waals surface area contributed by atoms with Gasteiger partial charge in [-0.25, -0.2) is 0 Å². The van der Waals surface area contributed by atoms with Crippen LogP contribution in [-0.4, -0.2) is 11.7 Å². The van der Waals surface area contributed by atoms with Gasteiger partial charge in [-0.15, -0.1) is 0 Å². The van der Waals surface area contributed by atoms with Crippen LogP contribution in [0.3, 0.4) is 0 Å². The average Bonchev–Trinajstić information content (AvgIpc) is 2.48. The average molecular weight is 326 g/mol. The van der Waals surface area contributed by atoms with Gasteiger partial charge in [0, 0.05) is 12.2 Å². The number of rotatable bonds is 4. The van der Waals surface area contributed by atoms with Crippen molar-refractivity contribution in [1.82, 2.24) is 10.6 Å². The molecule has 1 aromatic rings. The third kappa shape index (κ3) is 5.18. The van der Waals surface area contributed by atoms with E-state index < -0.39 is 11.7 Å². The predicted molar refractivity (Wildman–Crippen MR) is 85.3 cm³/mol. The lowest BCUT2D eigenvalue weighted by Gasteiger charge is -2.13. The summed E-state index contributed by atoms with van der Waals surface area (Å²) in [6.07, 6.45) is 4.26. The highest BCUT2D eigenvalue weighted by atomic mass is 32.1. The second-order valence-corrected chi connectivity index (χ2v) is 5.38. The first kappa shape index (κ1) is 16.5. The summed E-state index contributed by atoms with van der Waals surface area (Å²) >= 11 is 5.16. The molecule has 6 heteroatoms. The van der Waals surface area contributed by atoms with Gasteiger partial charge in [-0.1, -0.05) is 30.4 Å². The Morgan fingerprint density at radius 1 is 1.23 bits per heavy atom. The zero-order valence-corrected chi connectivity index (χ0v) is 12.7. The van der Waals surface area contributed by atoms with Crippen molar-refractivity contribution >= 4 is 17.3 Å². The summed E-state index contributed by atoms with van der Waals surface area (Å²) in [5.74, 6) is 0. The number of halogens is 3. The molecule has 2 N–H and O–H groups in total. The van der Waals surface area contributed by atoms with Crippen LogP contribution in [-0.2, 0) is 12.6 Å². The molecule has 0 saturated carbocycles. The molecule has 1 aliphatic carbocycles. The fourth-order valence-corrected chi connectivity index (χ4v) is 2.32. The molecule has 0 amide bonds. The van der Waals surface area contributed by atoms with Gasteiger partial charge >= 0.3 is 6.18 Å². The fraction of sp³-hybridized carbons (Fsp3) is 0.312. The molecule has 0 heterocycles. The maximum atomic E-state index is 12.6. The molecule has 0 radical (unpaired) electrons. The van der Waals surface area contributed by atoms with E-state index in [0.29, 0.717) is 23.6 Å². The van der Waals surface area contributed by atoms with Crippen LogP contribution in [0.5, 0.6) is 0 Å².